The molecule has 3 rings (SSSR count). The monoisotopic (exact) mass is 297 g/mol. The summed E-state index contributed by atoms with van der Waals surface area (Å²) in [5.74, 6) is -2.94. The van der Waals surface area contributed by atoms with Crippen molar-refractivity contribution in [1.82, 2.24) is 14.8 Å². The maximum absolute atomic E-state index is 14.0. The van der Waals surface area contributed by atoms with Crippen molar-refractivity contribution in [3.05, 3.63) is 59.4 Å². The Balaban J connectivity index is 2.02. The van der Waals surface area contributed by atoms with E-state index >= 15 is 0 Å². The van der Waals surface area contributed by atoms with Crippen molar-refractivity contribution in [3.63, 3.8) is 0 Å². The fourth-order valence-corrected chi connectivity index (χ4v) is 2.16. The van der Waals surface area contributed by atoms with Crippen LogP contribution in [0.25, 0.3) is 0 Å². The standard InChI is InChI=1S/C12H9F2N3O2S/c13-8-1-2-9(10(14)3-8)12(18-4-11(20)19-12)5-17-7-15-6-16-17/h1-4,6-7,20H,5H2. The molecule has 1 aromatic carbocycles. The number of hydrogen-bond acceptors (Lipinski definition) is 5. The minimum absolute atomic E-state index is 0.0378. The fraction of sp³-hybridized carbons (Fsp3) is 0.167. The predicted molar refractivity (Wildman–Crippen MR) is 67.3 cm³/mol. The molecule has 1 aromatic heterocycles. The van der Waals surface area contributed by atoms with Gasteiger partial charge in [0.25, 0.3) is 0 Å². The van der Waals surface area contributed by atoms with E-state index in [9.17, 15) is 8.78 Å². The quantitative estimate of drug-likeness (QED) is 0.882. The number of rotatable bonds is 3. The average Bonchev–Trinajstić information content (AvgIpc) is 3.00. The molecule has 0 aliphatic carbocycles. The summed E-state index contributed by atoms with van der Waals surface area (Å²) in [4.78, 5) is 3.80. The van der Waals surface area contributed by atoms with Crippen molar-refractivity contribution in [2.45, 2.75) is 12.3 Å². The van der Waals surface area contributed by atoms with Gasteiger partial charge < -0.3 is 9.47 Å². The molecule has 1 unspecified atom stereocenters. The van der Waals surface area contributed by atoms with Crippen molar-refractivity contribution < 1.29 is 18.3 Å². The number of ether oxygens (including phenoxy) is 2. The van der Waals surface area contributed by atoms with E-state index in [1.165, 1.54) is 29.7 Å². The van der Waals surface area contributed by atoms with E-state index in [1.54, 1.807) is 0 Å². The second-order valence-corrected chi connectivity index (χ2v) is 4.59. The Morgan fingerprint density at radius 3 is 2.80 bits per heavy atom. The van der Waals surface area contributed by atoms with Gasteiger partial charge in [-0.2, -0.15) is 5.10 Å². The zero-order valence-corrected chi connectivity index (χ0v) is 10.9. The highest BCUT2D eigenvalue weighted by Gasteiger charge is 2.43. The molecule has 5 nitrogen and oxygen atoms in total. The van der Waals surface area contributed by atoms with E-state index in [4.69, 9.17) is 9.47 Å². The van der Waals surface area contributed by atoms with Gasteiger partial charge in [-0.3, -0.25) is 0 Å². The van der Waals surface area contributed by atoms with Gasteiger partial charge in [-0.05, 0) is 12.1 Å². The molecule has 20 heavy (non-hydrogen) atoms. The number of hydrogen-bond donors (Lipinski definition) is 1. The number of nitrogens with zero attached hydrogens (tertiary/aromatic N) is 3. The molecule has 104 valence electrons. The Hall–Kier alpha value is -2.09. The van der Waals surface area contributed by atoms with Gasteiger partial charge in [0.15, 0.2) is 5.09 Å². The summed E-state index contributed by atoms with van der Waals surface area (Å²) in [5.41, 5.74) is 0.0506. The molecule has 0 amide bonds. The van der Waals surface area contributed by atoms with Gasteiger partial charge in [-0.15, -0.1) is 12.6 Å². The Morgan fingerprint density at radius 1 is 1.35 bits per heavy atom. The smallest absolute Gasteiger partial charge is 0.300 e. The number of benzene rings is 1. The molecule has 1 aliphatic rings. The largest absolute Gasteiger partial charge is 0.450 e. The molecule has 0 spiro atoms. The molecule has 2 aromatic rings. The van der Waals surface area contributed by atoms with Crippen molar-refractivity contribution >= 4 is 12.6 Å². The van der Waals surface area contributed by atoms with Crippen LogP contribution in [0.2, 0.25) is 0 Å². The van der Waals surface area contributed by atoms with Crippen LogP contribution in [0.3, 0.4) is 0 Å². The maximum atomic E-state index is 14.0. The van der Waals surface area contributed by atoms with Gasteiger partial charge in [0.1, 0.15) is 37.1 Å². The van der Waals surface area contributed by atoms with Crippen LogP contribution in [0, 0.1) is 11.6 Å². The lowest BCUT2D eigenvalue weighted by Gasteiger charge is -2.28. The molecular weight excluding hydrogens is 288 g/mol. The average molecular weight is 297 g/mol. The Kier molecular flexibility index (Phi) is 3.09. The lowest BCUT2D eigenvalue weighted by Crippen LogP contribution is -2.34. The second-order valence-electron chi connectivity index (χ2n) is 4.15. The third-order valence-corrected chi connectivity index (χ3v) is 2.99. The summed E-state index contributed by atoms with van der Waals surface area (Å²) in [6.07, 6.45) is 4.02. The van der Waals surface area contributed by atoms with E-state index in [1.807, 2.05) is 0 Å². The van der Waals surface area contributed by atoms with Crippen molar-refractivity contribution in [1.29, 1.82) is 0 Å². The molecule has 0 saturated carbocycles. The first-order valence-corrected chi connectivity index (χ1v) is 6.08. The SMILES string of the molecule is Fc1ccc(C2(Cn3cncn3)OC=C(S)O2)c(F)c1. The maximum Gasteiger partial charge on any atom is 0.300 e. The van der Waals surface area contributed by atoms with E-state index in [-0.39, 0.29) is 17.2 Å². The normalized spacial score (nSPS) is 21.2. The van der Waals surface area contributed by atoms with Crippen LogP contribution >= 0.6 is 12.6 Å². The van der Waals surface area contributed by atoms with Gasteiger partial charge in [-0.25, -0.2) is 18.4 Å². The molecular formula is C12H9F2N3O2S. The van der Waals surface area contributed by atoms with Crippen LogP contribution in [-0.4, -0.2) is 14.8 Å². The summed E-state index contributed by atoms with van der Waals surface area (Å²) in [6.45, 7) is 0.0378. The summed E-state index contributed by atoms with van der Waals surface area (Å²) >= 11 is 4.03. The second kappa shape index (κ2) is 4.78. The summed E-state index contributed by atoms with van der Waals surface area (Å²) < 4.78 is 39.4. The summed E-state index contributed by atoms with van der Waals surface area (Å²) in [5, 5.41) is 4.11. The predicted octanol–water partition coefficient (Wildman–Crippen LogP) is 2.18. The van der Waals surface area contributed by atoms with Crippen LogP contribution in [0.4, 0.5) is 8.78 Å². The zero-order chi connectivity index (χ0) is 14.2. The Morgan fingerprint density at radius 2 is 2.20 bits per heavy atom. The molecule has 2 heterocycles. The van der Waals surface area contributed by atoms with Gasteiger partial charge in [0, 0.05) is 6.07 Å². The molecule has 1 aliphatic heterocycles. The highest BCUT2D eigenvalue weighted by molar-refractivity contribution is 7.84. The summed E-state index contributed by atoms with van der Waals surface area (Å²) in [7, 11) is 0. The molecule has 0 N–H and O–H groups in total. The van der Waals surface area contributed by atoms with Gasteiger partial charge in [-0.1, -0.05) is 0 Å². The lowest BCUT2D eigenvalue weighted by atomic mass is 10.0. The van der Waals surface area contributed by atoms with Gasteiger partial charge in [0.2, 0.25) is 0 Å². The van der Waals surface area contributed by atoms with Crippen LogP contribution in [0.1, 0.15) is 5.56 Å². The van der Waals surface area contributed by atoms with E-state index in [2.05, 4.69) is 22.7 Å². The number of halogens is 2. The van der Waals surface area contributed by atoms with E-state index < -0.39 is 17.4 Å². The van der Waals surface area contributed by atoms with Crippen LogP contribution in [0.15, 0.2) is 42.2 Å². The molecule has 1 atom stereocenters. The molecule has 0 saturated heterocycles. The number of aromatic nitrogens is 3. The summed E-state index contributed by atoms with van der Waals surface area (Å²) in [6, 6.07) is 3.16. The van der Waals surface area contributed by atoms with Crippen LogP contribution in [0.5, 0.6) is 0 Å². The van der Waals surface area contributed by atoms with E-state index in [0.29, 0.717) is 0 Å². The van der Waals surface area contributed by atoms with E-state index in [0.717, 1.165) is 12.1 Å². The Bertz CT molecular complexity index is 663. The zero-order valence-electron chi connectivity index (χ0n) is 10.0. The molecule has 0 radical (unpaired) electrons. The van der Waals surface area contributed by atoms with Crippen molar-refractivity contribution in [2.24, 2.45) is 0 Å². The van der Waals surface area contributed by atoms with Gasteiger partial charge >= 0.3 is 5.79 Å². The van der Waals surface area contributed by atoms with Crippen molar-refractivity contribution in [2.75, 3.05) is 0 Å². The molecule has 8 heteroatoms. The van der Waals surface area contributed by atoms with Gasteiger partial charge in [0.05, 0.1) is 5.56 Å². The highest BCUT2D eigenvalue weighted by atomic mass is 32.1. The number of thiol groups is 1. The topological polar surface area (TPSA) is 49.2 Å². The minimum Gasteiger partial charge on any atom is -0.450 e. The Labute approximate surface area is 118 Å². The third-order valence-electron chi connectivity index (χ3n) is 2.80. The molecule has 0 fully saturated rings. The minimum atomic E-state index is -1.48. The van der Waals surface area contributed by atoms with Crippen LogP contribution in [-0.2, 0) is 21.8 Å². The highest BCUT2D eigenvalue weighted by Crippen LogP contribution is 2.39. The molecule has 0 bridgehead atoms. The lowest BCUT2D eigenvalue weighted by molar-refractivity contribution is -0.166. The first-order chi connectivity index (χ1) is 9.59. The first kappa shape index (κ1) is 12.9. The fourth-order valence-electron chi connectivity index (χ4n) is 1.96. The van der Waals surface area contributed by atoms with Crippen molar-refractivity contribution in [3.8, 4) is 0 Å². The first-order valence-electron chi connectivity index (χ1n) is 5.63. The van der Waals surface area contributed by atoms with Crippen LogP contribution < -0.4 is 0 Å². The third kappa shape index (κ3) is 2.22.